The highest BCUT2D eigenvalue weighted by Crippen LogP contribution is 2.28. The van der Waals surface area contributed by atoms with E-state index >= 15 is 0 Å². The minimum atomic E-state index is -0.0102. The first-order valence-electron chi connectivity index (χ1n) is 9.25. The predicted octanol–water partition coefficient (Wildman–Crippen LogP) is 3.99. The standard InChI is InChI=1S/C21H23N3O3/c1-26-16-8-4-14(5-9-16)6-11-20(25)22-15-7-10-17-18(13-15)24-21(23-17)19-3-2-12-27-19/h4-5,7-10,13,19H,2-3,6,11-12H2,1H3,(H,22,25)(H,23,24)/t19-/m1/s1. The van der Waals surface area contributed by atoms with Gasteiger partial charge in [-0.25, -0.2) is 4.98 Å². The van der Waals surface area contributed by atoms with E-state index < -0.39 is 0 Å². The Labute approximate surface area is 157 Å². The summed E-state index contributed by atoms with van der Waals surface area (Å²) in [5.41, 5.74) is 3.67. The Morgan fingerprint density at radius 3 is 2.89 bits per heavy atom. The number of aromatic amines is 1. The van der Waals surface area contributed by atoms with Crippen molar-refractivity contribution in [2.45, 2.75) is 31.8 Å². The lowest BCUT2D eigenvalue weighted by molar-refractivity contribution is -0.116. The first-order valence-corrected chi connectivity index (χ1v) is 9.25. The summed E-state index contributed by atoms with van der Waals surface area (Å²) in [7, 11) is 1.64. The van der Waals surface area contributed by atoms with Crippen molar-refractivity contribution in [1.29, 1.82) is 0 Å². The second-order valence-corrected chi connectivity index (χ2v) is 6.75. The van der Waals surface area contributed by atoms with E-state index in [0.717, 1.165) is 53.3 Å². The average Bonchev–Trinajstić information content (AvgIpc) is 3.36. The summed E-state index contributed by atoms with van der Waals surface area (Å²) in [6.45, 7) is 0.789. The summed E-state index contributed by atoms with van der Waals surface area (Å²) >= 11 is 0. The highest BCUT2D eigenvalue weighted by Gasteiger charge is 2.21. The van der Waals surface area contributed by atoms with Crippen LogP contribution >= 0.6 is 0 Å². The highest BCUT2D eigenvalue weighted by atomic mass is 16.5. The number of rotatable bonds is 6. The third-order valence-corrected chi connectivity index (χ3v) is 4.82. The van der Waals surface area contributed by atoms with Crippen molar-refractivity contribution in [3.8, 4) is 5.75 Å². The molecule has 1 atom stereocenters. The van der Waals surface area contributed by atoms with Crippen LogP contribution < -0.4 is 10.1 Å². The number of hydrogen-bond acceptors (Lipinski definition) is 4. The summed E-state index contributed by atoms with van der Waals surface area (Å²) < 4.78 is 10.8. The molecule has 0 bridgehead atoms. The molecule has 27 heavy (non-hydrogen) atoms. The lowest BCUT2D eigenvalue weighted by Crippen LogP contribution is -2.12. The van der Waals surface area contributed by atoms with Crippen LogP contribution in [-0.4, -0.2) is 29.6 Å². The molecule has 3 aromatic rings. The maximum Gasteiger partial charge on any atom is 0.224 e. The van der Waals surface area contributed by atoms with Crippen molar-refractivity contribution in [3.05, 3.63) is 53.9 Å². The van der Waals surface area contributed by atoms with Gasteiger partial charge in [-0.2, -0.15) is 0 Å². The number of hydrogen-bond donors (Lipinski definition) is 2. The molecule has 6 heteroatoms. The Morgan fingerprint density at radius 1 is 1.30 bits per heavy atom. The fraction of sp³-hybridized carbons (Fsp3) is 0.333. The number of H-pyrrole nitrogens is 1. The molecule has 0 radical (unpaired) electrons. The highest BCUT2D eigenvalue weighted by molar-refractivity contribution is 5.93. The van der Waals surface area contributed by atoms with Gasteiger partial charge < -0.3 is 19.8 Å². The van der Waals surface area contributed by atoms with E-state index in [1.807, 2.05) is 42.5 Å². The van der Waals surface area contributed by atoms with Crippen molar-refractivity contribution in [2.75, 3.05) is 19.0 Å². The van der Waals surface area contributed by atoms with Crippen LogP contribution in [0.5, 0.6) is 5.75 Å². The van der Waals surface area contributed by atoms with Crippen LogP contribution in [0.2, 0.25) is 0 Å². The van der Waals surface area contributed by atoms with Crippen molar-refractivity contribution in [2.24, 2.45) is 0 Å². The molecular weight excluding hydrogens is 342 g/mol. The van der Waals surface area contributed by atoms with Gasteiger partial charge in [-0.05, 0) is 55.2 Å². The van der Waals surface area contributed by atoms with Gasteiger partial charge in [-0.3, -0.25) is 4.79 Å². The van der Waals surface area contributed by atoms with Gasteiger partial charge in [0.15, 0.2) is 0 Å². The summed E-state index contributed by atoms with van der Waals surface area (Å²) in [4.78, 5) is 20.2. The zero-order valence-electron chi connectivity index (χ0n) is 15.3. The number of anilines is 1. The van der Waals surface area contributed by atoms with E-state index in [4.69, 9.17) is 9.47 Å². The van der Waals surface area contributed by atoms with E-state index in [1.165, 1.54) is 0 Å². The van der Waals surface area contributed by atoms with Crippen LogP contribution in [0.3, 0.4) is 0 Å². The number of nitrogens with one attached hydrogen (secondary N) is 2. The number of benzene rings is 2. The maximum atomic E-state index is 12.3. The first kappa shape index (κ1) is 17.5. The predicted molar refractivity (Wildman–Crippen MR) is 104 cm³/mol. The molecule has 1 fully saturated rings. The molecule has 1 aliphatic heterocycles. The quantitative estimate of drug-likeness (QED) is 0.692. The third-order valence-electron chi connectivity index (χ3n) is 4.82. The monoisotopic (exact) mass is 365 g/mol. The van der Waals surface area contributed by atoms with Gasteiger partial charge in [0.25, 0.3) is 0 Å². The molecule has 1 amide bonds. The Morgan fingerprint density at radius 2 is 2.15 bits per heavy atom. The topological polar surface area (TPSA) is 76.2 Å². The van der Waals surface area contributed by atoms with Gasteiger partial charge in [0.1, 0.15) is 17.7 Å². The van der Waals surface area contributed by atoms with E-state index in [9.17, 15) is 4.79 Å². The lowest BCUT2D eigenvalue weighted by atomic mass is 10.1. The zero-order chi connectivity index (χ0) is 18.6. The first-order chi connectivity index (χ1) is 13.2. The zero-order valence-corrected chi connectivity index (χ0v) is 15.3. The van der Waals surface area contributed by atoms with Gasteiger partial charge >= 0.3 is 0 Å². The Kier molecular flexibility index (Phi) is 5.07. The molecule has 2 aromatic carbocycles. The number of aryl methyl sites for hydroxylation is 1. The molecule has 0 aliphatic carbocycles. The number of nitrogens with zero attached hydrogens (tertiary/aromatic N) is 1. The fourth-order valence-corrected chi connectivity index (χ4v) is 3.33. The summed E-state index contributed by atoms with van der Waals surface area (Å²) in [6.07, 6.45) is 3.23. The summed E-state index contributed by atoms with van der Waals surface area (Å²) in [5, 5.41) is 2.96. The van der Waals surface area contributed by atoms with E-state index in [0.29, 0.717) is 12.8 Å². The van der Waals surface area contributed by atoms with E-state index in [2.05, 4.69) is 15.3 Å². The van der Waals surface area contributed by atoms with Crippen molar-refractivity contribution in [3.63, 3.8) is 0 Å². The Balaban J connectivity index is 1.37. The number of carbonyl (C=O) groups excluding carboxylic acids is 1. The molecular formula is C21H23N3O3. The largest absolute Gasteiger partial charge is 0.497 e. The molecule has 4 rings (SSSR count). The molecule has 0 unspecified atom stereocenters. The molecule has 0 spiro atoms. The van der Waals surface area contributed by atoms with Crippen molar-refractivity contribution in [1.82, 2.24) is 9.97 Å². The third kappa shape index (κ3) is 4.11. The number of ether oxygens (including phenoxy) is 2. The van der Waals surface area contributed by atoms with Crippen LogP contribution in [0.15, 0.2) is 42.5 Å². The van der Waals surface area contributed by atoms with Gasteiger partial charge in [0.05, 0.1) is 18.1 Å². The molecule has 1 saturated heterocycles. The van der Waals surface area contributed by atoms with Crippen LogP contribution in [0.1, 0.15) is 36.8 Å². The number of amides is 1. The van der Waals surface area contributed by atoms with E-state index in [-0.39, 0.29) is 12.0 Å². The number of carbonyl (C=O) groups is 1. The Hall–Kier alpha value is -2.86. The summed E-state index contributed by atoms with van der Waals surface area (Å²) in [6, 6.07) is 13.5. The maximum absolute atomic E-state index is 12.3. The number of fused-ring (bicyclic) bond motifs is 1. The fourth-order valence-electron chi connectivity index (χ4n) is 3.33. The summed E-state index contributed by atoms with van der Waals surface area (Å²) in [5.74, 6) is 1.67. The van der Waals surface area contributed by atoms with Gasteiger partial charge in [-0.1, -0.05) is 12.1 Å². The average molecular weight is 365 g/mol. The molecule has 0 saturated carbocycles. The van der Waals surface area contributed by atoms with Gasteiger partial charge in [0.2, 0.25) is 5.91 Å². The lowest BCUT2D eigenvalue weighted by Gasteiger charge is -2.06. The second kappa shape index (κ2) is 7.80. The minimum absolute atomic E-state index is 0.0102. The smallest absolute Gasteiger partial charge is 0.224 e. The molecule has 6 nitrogen and oxygen atoms in total. The van der Waals surface area contributed by atoms with Crippen LogP contribution in [-0.2, 0) is 16.0 Å². The number of methoxy groups -OCH3 is 1. The molecule has 140 valence electrons. The minimum Gasteiger partial charge on any atom is -0.497 e. The van der Waals surface area contributed by atoms with Crippen LogP contribution in [0.25, 0.3) is 11.0 Å². The van der Waals surface area contributed by atoms with Crippen LogP contribution in [0.4, 0.5) is 5.69 Å². The van der Waals surface area contributed by atoms with E-state index in [1.54, 1.807) is 7.11 Å². The van der Waals surface area contributed by atoms with Crippen molar-refractivity contribution < 1.29 is 14.3 Å². The SMILES string of the molecule is COc1ccc(CCC(=O)Nc2ccc3nc([C@H]4CCCO4)[nH]c3c2)cc1. The van der Waals surface area contributed by atoms with Crippen LogP contribution in [0, 0.1) is 0 Å². The van der Waals surface area contributed by atoms with Crippen molar-refractivity contribution >= 4 is 22.6 Å². The van der Waals surface area contributed by atoms with Gasteiger partial charge in [-0.15, -0.1) is 0 Å². The molecule has 1 aliphatic rings. The molecule has 2 heterocycles. The number of aromatic nitrogens is 2. The molecule has 1 aromatic heterocycles. The second-order valence-electron chi connectivity index (χ2n) is 6.75. The Bertz CT molecular complexity index is 927. The molecule has 2 N–H and O–H groups in total. The normalized spacial score (nSPS) is 16.6. The van der Waals surface area contributed by atoms with Gasteiger partial charge in [0, 0.05) is 18.7 Å². The number of imidazole rings is 1.